The van der Waals surface area contributed by atoms with Gasteiger partial charge in [-0.3, -0.25) is 4.79 Å². The number of carbonyl (C=O) groups is 1. The Morgan fingerprint density at radius 3 is 2.46 bits per heavy atom. The Balaban J connectivity index is 1.72. The third-order valence-corrected chi connectivity index (χ3v) is 8.77. The van der Waals surface area contributed by atoms with Gasteiger partial charge in [-0.15, -0.1) is 0 Å². The van der Waals surface area contributed by atoms with E-state index in [9.17, 15) is 20.1 Å². The van der Waals surface area contributed by atoms with Crippen LogP contribution in [-0.2, 0) is 4.79 Å². The topological polar surface area (TPSA) is 77.8 Å². The Hall–Kier alpha value is -0.450. The van der Waals surface area contributed by atoms with Gasteiger partial charge in [0.25, 0.3) is 0 Å². The molecular weight excluding hydrogens is 304 g/mol. The molecule has 10 atom stereocenters. The third-order valence-electron chi connectivity index (χ3n) is 8.77. The van der Waals surface area contributed by atoms with Crippen LogP contribution < -0.4 is 0 Å². The molecule has 0 radical (unpaired) electrons. The fourth-order valence-electron chi connectivity index (χ4n) is 7.39. The summed E-state index contributed by atoms with van der Waals surface area (Å²) in [5, 5.41) is 32.2. The molecule has 24 heavy (non-hydrogen) atoms. The Morgan fingerprint density at radius 1 is 1.04 bits per heavy atom. The van der Waals surface area contributed by atoms with Crippen LogP contribution in [0.3, 0.4) is 0 Å². The van der Waals surface area contributed by atoms with Gasteiger partial charge in [-0.2, -0.15) is 0 Å². The molecule has 0 spiro atoms. The fourth-order valence-corrected chi connectivity index (χ4v) is 7.39. The largest absolute Gasteiger partial charge is 0.393 e. The quantitative estimate of drug-likeness (QED) is 0.633. The maximum absolute atomic E-state index is 12.2. The number of aliphatic hydroxyl groups excluding tert-OH is 3. The van der Waals surface area contributed by atoms with Crippen molar-refractivity contribution in [1.82, 2.24) is 0 Å². The normalized spacial score (nSPS) is 60.3. The summed E-state index contributed by atoms with van der Waals surface area (Å²) in [4.78, 5) is 12.2. The highest BCUT2D eigenvalue weighted by atomic mass is 16.3. The molecule has 4 fully saturated rings. The molecule has 0 bridgehead atoms. The summed E-state index contributed by atoms with van der Waals surface area (Å²) in [7, 11) is 0. The van der Waals surface area contributed by atoms with E-state index in [-0.39, 0.29) is 34.5 Å². The van der Waals surface area contributed by atoms with E-state index in [0.717, 1.165) is 19.3 Å². The summed E-state index contributed by atoms with van der Waals surface area (Å²) in [6.07, 6.45) is 3.08. The lowest BCUT2D eigenvalue weighted by atomic mass is 9.43. The second kappa shape index (κ2) is 5.28. The van der Waals surface area contributed by atoms with Crippen molar-refractivity contribution in [2.75, 3.05) is 0 Å². The number of rotatable bonds is 0. The molecule has 4 rings (SSSR count). The minimum Gasteiger partial charge on any atom is -0.393 e. The molecule has 4 nitrogen and oxygen atoms in total. The molecule has 3 N–H and O–H groups in total. The van der Waals surface area contributed by atoms with Gasteiger partial charge >= 0.3 is 0 Å². The predicted octanol–water partition coefficient (Wildman–Crippen LogP) is 2.15. The highest BCUT2D eigenvalue weighted by molar-refractivity contribution is 5.82. The lowest BCUT2D eigenvalue weighted by Crippen LogP contribution is -2.60. The zero-order valence-corrected chi connectivity index (χ0v) is 15.1. The SMILES string of the molecule is C[C@@H]1C[C@@]2(C)[C@H](CC1=O)C[C@@H](O)[C@H]1[C@@H]3[C@@H](O)C[C@H](O)[C@@]3(C)CC[C@@H]12. The number of carbonyl (C=O) groups excluding carboxylic acids is 1. The molecule has 0 heterocycles. The molecule has 0 amide bonds. The Labute approximate surface area is 144 Å². The van der Waals surface area contributed by atoms with E-state index in [1.54, 1.807) is 0 Å². The van der Waals surface area contributed by atoms with Crippen molar-refractivity contribution in [3.05, 3.63) is 0 Å². The van der Waals surface area contributed by atoms with Crippen LogP contribution in [0.25, 0.3) is 0 Å². The second-order valence-corrected chi connectivity index (χ2v) is 9.85. The van der Waals surface area contributed by atoms with Gasteiger partial charge in [0.05, 0.1) is 18.3 Å². The molecule has 136 valence electrons. The van der Waals surface area contributed by atoms with Crippen LogP contribution in [0.4, 0.5) is 0 Å². The van der Waals surface area contributed by atoms with Crippen molar-refractivity contribution >= 4 is 5.78 Å². The minimum absolute atomic E-state index is 0.0213. The molecule has 4 heteroatoms. The zero-order valence-electron chi connectivity index (χ0n) is 15.1. The van der Waals surface area contributed by atoms with Gasteiger partial charge in [0.15, 0.2) is 0 Å². The summed E-state index contributed by atoms with van der Waals surface area (Å²) < 4.78 is 0. The van der Waals surface area contributed by atoms with Crippen LogP contribution in [0.2, 0.25) is 0 Å². The van der Waals surface area contributed by atoms with Gasteiger partial charge in [-0.25, -0.2) is 0 Å². The van der Waals surface area contributed by atoms with Gasteiger partial charge in [-0.05, 0) is 60.2 Å². The number of hydrogen-bond acceptors (Lipinski definition) is 4. The molecule has 0 aromatic carbocycles. The summed E-state index contributed by atoms with van der Waals surface area (Å²) in [6.45, 7) is 6.47. The molecule has 0 aliphatic heterocycles. The third kappa shape index (κ3) is 2.05. The molecule has 4 aliphatic carbocycles. The van der Waals surface area contributed by atoms with Crippen LogP contribution in [0.5, 0.6) is 0 Å². The van der Waals surface area contributed by atoms with Crippen LogP contribution in [0.15, 0.2) is 0 Å². The van der Waals surface area contributed by atoms with Crippen LogP contribution >= 0.6 is 0 Å². The van der Waals surface area contributed by atoms with E-state index >= 15 is 0 Å². The zero-order chi connectivity index (χ0) is 17.4. The van der Waals surface area contributed by atoms with Crippen molar-refractivity contribution in [2.24, 2.45) is 40.4 Å². The van der Waals surface area contributed by atoms with Gasteiger partial charge in [0.2, 0.25) is 0 Å². The Bertz CT molecular complexity index is 548. The molecular formula is C20H32O4. The Kier molecular flexibility index (Phi) is 3.73. The number of aliphatic hydroxyl groups is 3. The van der Waals surface area contributed by atoms with E-state index in [4.69, 9.17) is 0 Å². The number of Topliss-reactive ketones (excluding diaryl/α,β-unsaturated/α-hetero) is 1. The summed E-state index contributed by atoms with van der Waals surface area (Å²) >= 11 is 0. The first kappa shape index (κ1) is 17.0. The number of ketones is 1. The first-order chi connectivity index (χ1) is 11.2. The smallest absolute Gasteiger partial charge is 0.136 e. The maximum atomic E-state index is 12.2. The van der Waals surface area contributed by atoms with Gasteiger partial charge in [0, 0.05) is 18.8 Å². The lowest BCUT2D eigenvalue weighted by Gasteiger charge is -2.62. The predicted molar refractivity (Wildman–Crippen MR) is 90.1 cm³/mol. The van der Waals surface area contributed by atoms with Gasteiger partial charge < -0.3 is 15.3 Å². The maximum Gasteiger partial charge on any atom is 0.136 e. The van der Waals surface area contributed by atoms with Gasteiger partial charge in [-0.1, -0.05) is 20.8 Å². The number of fused-ring (bicyclic) bond motifs is 5. The van der Waals surface area contributed by atoms with Crippen molar-refractivity contribution in [3.63, 3.8) is 0 Å². The van der Waals surface area contributed by atoms with Crippen LogP contribution in [0.1, 0.15) is 59.3 Å². The fraction of sp³-hybridized carbons (Fsp3) is 0.950. The van der Waals surface area contributed by atoms with Crippen molar-refractivity contribution in [1.29, 1.82) is 0 Å². The van der Waals surface area contributed by atoms with Crippen LogP contribution in [-0.4, -0.2) is 39.4 Å². The average Bonchev–Trinajstić information content (AvgIpc) is 2.73. The Morgan fingerprint density at radius 2 is 1.75 bits per heavy atom. The minimum atomic E-state index is -0.518. The number of hydrogen-bond donors (Lipinski definition) is 3. The summed E-state index contributed by atoms with van der Waals surface area (Å²) in [6, 6.07) is 0. The van der Waals surface area contributed by atoms with E-state index < -0.39 is 18.3 Å². The van der Waals surface area contributed by atoms with E-state index in [1.807, 2.05) is 6.92 Å². The first-order valence-electron chi connectivity index (χ1n) is 9.75. The lowest BCUT2D eigenvalue weighted by molar-refractivity contribution is -0.185. The van der Waals surface area contributed by atoms with Crippen molar-refractivity contribution < 1.29 is 20.1 Å². The highest BCUT2D eigenvalue weighted by Gasteiger charge is 2.65. The molecule has 0 saturated heterocycles. The van der Waals surface area contributed by atoms with E-state index in [1.165, 1.54) is 0 Å². The highest BCUT2D eigenvalue weighted by Crippen LogP contribution is 2.66. The van der Waals surface area contributed by atoms with E-state index in [2.05, 4.69) is 13.8 Å². The monoisotopic (exact) mass is 336 g/mol. The summed E-state index contributed by atoms with van der Waals surface area (Å²) in [5.74, 6) is 1.10. The molecule has 4 aliphatic rings. The second-order valence-electron chi connectivity index (χ2n) is 9.85. The van der Waals surface area contributed by atoms with Crippen LogP contribution in [0, 0.1) is 40.4 Å². The van der Waals surface area contributed by atoms with Gasteiger partial charge in [0.1, 0.15) is 5.78 Å². The summed E-state index contributed by atoms with van der Waals surface area (Å²) in [5.41, 5.74) is -0.202. The van der Waals surface area contributed by atoms with Crippen molar-refractivity contribution in [3.8, 4) is 0 Å². The molecule has 4 saturated carbocycles. The first-order valence-corrected chi connectivity index (χ1v) is 9.75. The molecule has 0 unspecified atom stereocenters. The van der Waals surface area contributed by atoms with Crippen molar-refractivity contribution in [2.45, 2.75) is 77.6 Å². The standard InChI is InChI=1S/C20H32O4/c1-10-9-20(3)11(6-13(10)21)7-14(22)17-12(20)4-5-19(2)16(24)8-15(23)18(17)19/h10-12,14-18,22-24H,4-9H2,1-3H3/t10-,11-,12+,14-,15+,16+,17+,18+,19-,20+/m1/s1. The molecule has 0 aromatic rings. The average molecular weight is 336 g/mol. The van der Waals surface area contributed by atoms with E-state index in [0.29, 0.717) is 31.0 Å². The molecule has 0 aromatic heterocycles.